The highest BCUT2D eigenvalue weighted by Crippen LogP contribution is 2.32. The molecule has 0 aliphatic heterocycles. The minimum Gasteiger partial charge on any atom is -0.293 e. The first-order chi connectivity index (χ1) is 9.90. The van der Waals surface area contributed by atoms with E-state index in [1.54, 1.807) is 6.07 Å². The molecule has 1 atom stereocenters. The average Bonchev–Trinajstić information content (AvgIpc) is 2.77. The zero-order valence-electron chi connectivity index (χ0n) is 11.6. The Morgan fingerprint density at radius 3 is 2.52 bits per heavy atom. The number of hydrogen-bond donors (Lipinski definition) is 0. The molecule has 1 unspecified atom stereocenters. The number of halogens is 3. The zero-order valence-corrected chi connectivity index (χ0v) is 14.7. The molecule has 1 heterocycles. The lowest BCUT2D eigenvalue weighted by Crippen LogP contribution is -2.28. The molecule has 6 heteroatoms. The van der Waals surface area contributed by atoms with Gasteiger partial charge in [-0.1, -0.05) is 53.0 Å². The van der Waals surface area contributed by atoms with Crippen LogP contribution in [0.15, 0.2) is 30.3 Å². The van der Waals surface area contributed by atoms with Crippen LogP contribution in [0.3, 0.4) is 0 Å². The van der Waals surface area contributed by atoms with E-state index < -0.39 is 0 Å². The minimum absolute atomic E-state index is 0.0236. The molecule has 0 fully saturated rings. The highest BCUT2D eigenvalue weighted by molar-refractivity contribution is 7.20. The highest BCUT2D eigenvalue weighted by Gasteiger charge is 2.20. The number of Topliss-reactive ketones (excluding diaryl/α,β-unsaturated/α-hetero) is 1. The number of carbonyl (C=O) groups is 1. The normalized spacial score (nSPS) is 12.7. The standard InChI is InChI=1S/C15H14Cl3NOS/c1-9(10-5-3-4-6-12(10)16)19(2)8-13(20)11-7-14(17)21-15(11)18/h3-7,9H,8H2,1-2H3. The Kier molecular flexibility index (Phi) is 5.69. The van der Waals surface area contributed by atoms with Gasteiger partial charge in [-0.25, -0.2) is 0 Å². The summed E-state index contributed by atoms with van der Waals surface area (Å²) in [5.41, 5.74) is 1.47. The second-order valence-electron chi connectivity index (χ2n) is 4.77. The van der Waals surface area contributed by atoms with Gasteiger partial charge in [0, 0.05) is 11.1 Å². The summed E-state index contributed by atoms with van der Waals surface area (Å²) in [4.78, 5) is 14.2. The molecule has 0 amide bonds. The lowest BCUT2D eigenvalue weighted by molar-refractivity contribution is 0.0925. The van der Waals surface area contributed by atoms with Crippen LogP contribution in [0.4, 0.5) is 0 Å². The van der Waals surface area contributed by atoms with Gasteiger partial charge in [0.2, 0.25) is 0 Å². The van der Waals surface area contributed by atoms with E-state index in [-0.39, 0.29) is 18.4 Å². The zero-order chi connectivity index (χ0) is 15.6. The molecule has 0 aliphatic carbocycles. The summed E-state index contributed by atoms with van der Waals surface area (Å²) in [6.45, 7) is 2.26. The number of nitrogens with zero attached hydrogens (tertiary/aromatic N) is 1. The topological polar surface area (TPSA) is 20.3 Å². The lowest BCUT2D eigenvalue weighted by Gasteiger charge is -2.25. The van der Waals surface area contributed by atoms with Crippen LogP contribution in [-0.4, -0.2) is 24.3 Å². The monoisotopic (exact) mass is 361 g/mol. The average molecular weight is 363 g/mol. The van der Waals surface area contributed by atoms with Gasteiger partial charge in [-0.2, -0.15) is 0 Å². The van der Waals surface area contributed by atoms with Crippen LogP contribution in [0.5, 0.6) is 0 Å². The first-order valence-electron chi connectivity index (χ1n) is 6.33. The van der Waals surface area contributed by atoms with Crippen LogP contribution in [0.25, 0.3) is 0 Å². The van der Waals surface area contributed by atoms with Gasteiger partial charge in [0.1, 0.15) is 4.34 Å². The van der Waals surface area contributed by atoms with Crippen molar-refractivity contribution in [2.75, 3.05) is 13.6 Å². The summed E-state index contributed by atoms with van der Waals surface area (Å²) in [5.74, 6) is -0.0513. The third kappa shape index (κ3) is 3.99. The number of benzene rings is 1. The number of carbonyl (C=O) groups excluding carboxylic acids is 1. The Morgan fingerprint density at radius 2 is 1.95 bits per heavy atom. The van der Waals surface area contributed by atoms with Crippen molar-refractivity contribution >= 4 is 51.9 Å². The maximum atomic E-state index is 12.3. The molecule has 21 heavy (non-hydrogen) atoms. The number of hydrogen-bond acceptors (Lipinski definition) is 3. The lowest BCUT2D eigenvalue weighted by atomic mass is 10.1. The van der Waals surface area contributed by atoms with Crippen molar-refractivity contribution in [1.29, 1.82) is 0 Å². The summed E-state index contributed by atoms with van der Waals surface area (Å²) in [6, 6.07) is 9.27. The largest absolute Gasteiger partial charge is 0.293 e. The molecule has 0 radical (unpaired) electrons. The Labute approximate surface area is 143 Å². The fourth-order valence-electron chi connectivity index (χ4n) is 2.03. The van der Waals surface area contributed by atoms with Gasteiger partial charge >= 0.3 is 0 Å². The molecule has 112 valence electrons. The molecule has 1 aromatic carbocycles. The van der Waals surface area contributed by atoms with E-state index in [2.05, 4.69) is 0 Å². The maximum Gasteiger partial charge on any atom is 0.179 e. The fraction of sp³-hybridized carbons (Fsp3) is 0.267. The van der Waals surface area contributed by atoms with E-state index in [9.17, 15) is 4.79 Å². The first kappa shape index (κ1) is 16.8. The SMILES string of the molecule is CC(c1ccccc1Cl)N(C)CC(=O)c1cc(Cl)sc1Cl. The molecule has 2 aromatic rings. The van der Waals surface area contributed by atoms with Crippen LogP contribution in [0.1, 0.15) is 28.9 Å². The number of rotatable bonds is 5. The van der Waals surface area contributed by atoms with Crippen LogP contribution in [0, 0.1) is 0 Å². The Bertz CT molecular complexity index is 656. The van der Waals surface area contributed by atoms with Gasteiger partial charge in [0.15, 0.2) is 5.78 Å². The molecular weight excluding hydrogens is 349 g/mol. The third-order valence-electron chi connectivity index (χ3n) is 3.37. The molecule has 0 N–H and O–H groups in total. The maximum absolute atomic E-state index is 12.3. The van der Waals surface area contributed by atoms with Crippen molar-refractivity contribution in [1.82, 2.24) is 4.90 Å². The number of ketones is 1. The molecule has 0 bridgehead atoms. The van der Waals surface area contributed by atoms with Gasteiger partial charge in [-0.05, 0) is 31.7 Å². The quantitative estimate of drug-likeness (QED) is 0.647. The van der Waals surface area contributed by atoms with Crippen molar-refractivity contribution < 1.29 is 4.79 Å². The predicted molar refractivity (Wildman–Crippen MR) is 91.2 cm³/mol. The molecule has 0 aliphatic rings. The first-order valence-corrected chi connectivity index (χ1v) is 8.28. The smallest absolute Gasteiger partial charge is 0.179 e. The van der Waals surface area contributed by atoms with Crippen LogP contribution in [-0.2, 0) is 0 Å². The Balaban J connectivity index is 2.11. The van der Waals surface area contributed by atoms with E-state index in [1.165, 1.54) is 11.3 Å². The van der Waals surface area contributed by atoms with E-state index in [0.29, 0.717) is 19.3 Å². The molecule has 2 nitrogen and oxygen atoms in total. The number of likely N-dealkylation sites (N-methyl/N-ethyl adjacent to an activating group) is 1. The molecule has 0 saturated carbocycles. The molecular formula is C15H14Cl3NOS. The summed E-state index contributed by atoms with van der Waals surface area (Å²) < 4.78 is 0.953. The van der Waals surface area contributed by atoms with Crippen molar-refractivity contribution in [3.05, 3.63) is 55.2 Å². The van der Waals surface area contributed by atoms with Gasteiger partial charge in [0.05, 0.1) is 16.4 Å². The third-order valence-corrected chi connectivity index (χ3v) is 5.20. The highest BCUT2D eigenvalue weighted by atomic mass is 35.5. The van der Waals surface area contributed by atoms with Crippen molar-refractivity contribution in [3.8, 4) is 0 Å². The van der Waals surface area contributed by atoms with E-state index >= 15 is 0 Å². The molecule has 1 aromatic heterocycles. The predicted octanol–water partition coefficient (Wildman–Crippen LogP) is 5.58. The number of thiophene rings is 1. The van der Waals surface area contributed by atoms with Crippen molar-refractivity contribution in [2.45, 2.75) is 13.0 Å². The van der Waals surface area contributed by atoms with E-state index in [1.807, 2.05) is 43.1 Å². The van der Waals surface area contributed by atoms with E-state index in [0.717, 1.165) is 5.56 Å². The second-order valence-corrected chi connectivity index (χ2v) is 7.47. The Morgan fingerprint density at radius 1 is 1.29 bits per heavy atom. The van der Waals surface area contributed by atoms with Crippen molar-refractivity contribution in [2.24, 2.45) is 0 Å². The molecule has 2 rings (SSSR count). The van der Waals surface area contributed by atoms with Crippen LogP contribution >= 0.6 is 46.1 Å². The fourth-order valence-corrected chi connectivity index (χ4v) is 3.82. The van der Waals surface area contributed by atoms with Crippen LogP contribution < -0.4 is 0 Å². The molecule has 0 saturated heterocycles. The minimum atomic E-state index is -0.0513. The summed E-state index contributed by atoms with van der Waals surface area (Å²) >= 11 is 19.3. The van der Waals surface area contributed by atoms with Gasteiger partial charge in [0.25, 0.3) is 0 Å². The van der Waals surface area contributed by atoms with Crippen molar-refractivity contribution in [3.63, 3.8) is 0 Å². The van der Waals surface area contributed by atoms with Gasteiger partial charge in [-0.15, -0.1) is 11.3 Å². The van der Waals surface area contributed by atoms with Crippen LogP contribution in [0.2, 0.25) is 13.7 Å². The van der Waals surface area contributed by atoms with Gasteiger partial charge < -0.3 is 0 Å². The second kappa shape index (κ2) is 7.12. The summed E-state index contributed by atoms with van der Waals surface area (Å²) in [6.07, 6.45) is 0. The molecule has 0 spiro atoms. The summed E-state index contributed by atoms with van der Waals surface area (Å²) in [5, 5.41) is 0.695. The van der Waals surface area contributed by atoms with Gasteiger partial charge in [-0.3, -0.25) is 9.69 Å². The Hall–Kier alpha value is -0.580. The van der Waals surface area contributed by atoms with E-state index in [4.69, 9.17) is 34.8 Å². The summed E-state index contributed by atoms with van der Waals surface area (Å²) in [7, 11) is 1.88.